The van der Waals surface area contributed by atoms with E-state index in [0.29, 0.717) is 22.2 Å². The quantitative estimate of drug-likeness (QED) is 0.836. The molecule has 0 unspecified atom stereocenters. The summed E-state index contributed by atoms with van der Waals surface area (Å²) < 4.78 is 13.2. The third-order valence-electron chi connectivity index (χ3n) is 2.90. The molecule has 0 aliphatic rings. The molecule has 6 nitrogen and oxygen atoms in total. The summed E-state index contributed by atoms with van der Waals surface area (Å²) >= 11 is 2.89. The second kappa shape index (κ2) is 7.50. The van der Waals surface area contributed by atoms with E-state index in [4.69, 9.17) is 0 Å². The molecule has 0 bridgehead atoms. The molecule has 0 atom stereocenters. The predicted octanol–water partition coefficient (Wildman–Crippen LogP) is 2.59. The number of anilines is 1. The fraction of sp³-hybridized carbons (Fsp3) is 0.385. The lowest BCUT2D eigenvalue weighted by Gasteiger charge is -2.22. The number of halogens is 1. The van der Waals surface area contributed by atoms with E-state index in [0.717, 1.165) is 11.9 Å². The predicted molar refractivity (Wildman–Crippen MR) is 87.9 cm³/mol. The third-order valence-corrected chi connectivity index (χ3v) is 4.54. The number of nitrogens with zero attached hydrogens (tertiary/aromatic N) is 5. The van der Waals surface area contributed by atoms with E-state index < -0.39 is 5.82 Å². The Hall–Kier alpha value is -1.74. The van der Waals surface area contributed by atoms with Crippen LogP contribution in [0.3, 0.4) is 0 Å². The number of hydrogen-bond acceptors (Lipinski definition) is 6. The molecule has 0 fully saturated rings. The van der Waals surface area contributed by atoms with E-state index in [-0.39, 0.29) is 6.03 Å². The first-order valence-electron chi connectivity index (χ1n) is 6.45. The molecule has 0 aromatic carbocycles. The maximum absolute atomic E-state index is 13.2. The first-order valence-corrected chi connectivity index (χ1v) is 8.66. The maximum Gasteiger partial charge on any atom is 0.325 e. The molecule has 2 amide bonds. The standard InChI is InChI=1S/C13H16FN5OS2/c1-18(4-5-21-3)13(20)19(2)12-17-16-11(22-12)9-6-10(14)8-15-7-9/h6-8H,4-5H2,1-3H3. The molecule has 9 heteroatoms. The van der Waals surface area contributed by atoms with Crippen molar-refractivity contribution < 1.29 is 9.18 Å². The minimum atomic E-state index is -0.435. The zero-order valence-corrected chi connectivity index (χ0v) is 14.1. The smallest absolute Gasteiger partial charge is 0.325 e. The summed E-state index contributed by atoms with van der Waals surface area (Å²) in [5.74, 6) is 0.433. The van der Waals surface area contributed by atoms with Crippen LogP contribution in [0, 0.1) is 5.82 Å². The summed E-state index contributed by atoms with van der Waals surface area (Å²) in [5, 5.41) is 8.98. The molecule has 0 saturated heterocycles. The van der Waals surface area contributed by atoms with Crippen molar-refractivity contribution in [3.63, 3.8) is 0 Å². The summed E-state index contributed by atoms with van der Waals surface area (Å²) in [4.78, 5) is 19.1. The lowest BCUT2D eigenvalue weighted by atomic mass is 10.3. The molecule has 0 N–H and O–H groups in total. The SMILES string of the molecule is CSCCN(C)C(=O)N(C)c1nnc(-c2cncc(F)c2)s1. The van der Waals surface area contributed by atoms with Crippen LogP contribution in [0.4, 0.5) is 14.3 Å². The molecule has 0 aliphatic heterocycles. The summed E-state index contributed by atoms with van der Waals surface area (Å²) in [6.45, 7) is 0.657. The number of thioether (sulfide) groups is 1. The van der Waals surface area contributed by atoms with Crippen LogP contribution in [0.25, 0.3) is 10.6 Å². The van der Waals surface area contributed by atoms with Crippen LogP contribution in [-0.2, 0) is 0 Å². The van der Waals surface area contributed by atoms with E-state index >= 15 is 0 Å². The van der Waals surface area contributed by atoms with Gasteiger partial charge < -0.3 is 4.90 Å². The highest BCUT2D eigenvalue weighted by atomic mass is 32.2. The van der Waals surface area contributed by atoms with Gasteiger partial charge in [-0.05, 0) is 12.3 Å². The molecule has 0 aliphatic carbocycles. The van der Waals surface area contributed by atoms with Crippen LogP contribution >= 0.6 is 23.1 Å². The highest BCUT2D eigenvalue weighted by Crippen LogP contribution is 2.28. The van der Waals surface area contributed by atoms with Gasteiger partial charge in [0.2, 0.25) is 5.13 Å². The zero-order chi connectivity index (χ0) is 16.1. The molecule has 0 saturated carbocycles. The number of carbonyl (C=O) groups excluding carboxylic acids is 1. The Labute approximate surface area is 136 Å². The van der Waals surface area contributed by atoms with Crippen LogP contribution in [0.1, 0.15) is 0 Å². The van der Waals surface area contributed by atoms with Crippen molar-refractivity contribution in [2.45, 2.75) is 0 Å². The van der Waals surface area contributed by atoms with Crippen LogP contribution in [0.2, 0.25) is 0 Å². The number of urea groups is 1. The average molecular weight is 341 g/mol. The van der Waals surface area contributed by atoms with Gasteiger partial charge in [-0.1, -0.05) is 11.3 Å². The number of rotatable bonds is 5. The van der Waals surface area contributed by atoms with E-state index in [9.17, 15) is 9.18 Å². The lowest BCUT2D eigenvalue weighted by Crippen LogP contribution is -2.39. The van der Waals surface area contributed by atoms with Crippen molar-refractivity contribution in [2.75, 3.05) is 37.5 Å². The number of pyridine rings is 1. The Morgan fingerprint density at radius 2 is 2.14 bits per heavy atom. The molecule has 2 heterocycles. The maximum atomic E-state index is 13.2. The van der Waals surface area contributed by atoms with Gasteiger partial charge in [-0.15, -0.1) is 10.2 Å². The number of carbonyl (C=O) groups is 1. The van der Waals surface area contributed by atoms with Gasteiger partial charge in [-0.2, -0.15) is 11.8 Å². The van der Waals surface area contributed by atoms with E-state index in [1.54, 1.807) is 30.8 Å². The summed E-state index contributed by atoms with van der Waals surface area (Å²) in [5.41, 5.74) is 0.542. The van der Waals surface area contributed by atoms with Crippen LogP contribution in [0.15, 0.2) is 18.5 Å². The normalized spacial score (nSPS) is 10.5. The van der Waals surface area contributed by atoms with Crippen molar-refractivity contribution in [3.8, 4) is 10.6 Å². The van der Waals surface area contributed by atoms with E-state index in [1.807, 2.05) is 6.26 Å². The highest BCUT2D eigenvalue weighted by molar-refractivity contribution is 7.98. The second-order valence-electron chi connectivity index (χ2n) is 4.54. The van der Waals surface area contributed by atoms with Crippen molar-refractivity contribution in [1.82, 2.24) is 20.1 Å². The first kappa shape index (κ1) is 16.6. The van der Waals surface area contributed by atoms with Gasteiger partial charge in [-0.25, -0.2) is 9.18 Å². The minimum Gasteiger partial charge on any atom is -0.327 e. The Morgan fingerprint density at radius 3 is 2.82 bits per heavy atom. The topological polar surface area (TPSA) is 62.2 Å². The van der Waals surface area contributed by atoms with Gasteiger partial charge in [0.25, 0.3) is 0 Å². The fourth-order valence-corrected chi connectivity index (χ4v) is 2.90. The van der Waals surface area contributed by atoms with Gasteiger partial charge in [0, 0.05) is 38.2 Å². The van der Waals surface area contributed by atoms with Crippen molar-refractivity contribution in [1.29, 1.82) is 0 Å². The summed E-state index contributed by atoms with van der Waals surface area (Å²) in [7, 11) is 3.39. The largest absolute Gasteiger partial charge is 0.327 e. The van der Waals surface area contributed by atoms with Gasteiger partial charge in [0.1, 0.15) is 5.82 Å². The molecular formula is C13H16FN5OS2. The van der Waals surface area contributed by atoms with Gasteiger partial charge in [-0.3, -0.25) is 9.88 Å². The fourth-order valence-electron chi connectivity index (χ4n) is 1.66. The minimum absolute atomic E-state index is 0.158. The molecule has 0 spiro atoms. The van der Waals surface area contributed by atoms with E-state index in [2.05, 4.69) is 15.2 Å². The average Bonchev–Trinajstić information content (AvgIpc) is 3.01. The van der Waals surface area contributed by atoms with Crippen molar-refractivity contribution in [2.24, 2.45) is 0 Å². The van der Waals surface area contributed by atoms with Crippen molar-refractivity contribution in [3.05, 3.63) is 24.3 Å². The zero-order valence-electron chi connectivity index (χ0n) is 12.5. The number of aromatic nitrogens is 3. The van der Waals surface area contributed by atoms with Gasteiger partial charge in [0.05, 0.1) is 6.20 Å². The Kier molecular flexibility index (Phi) is 5.67. The second-order valence-corrected chi connectivity index (χ2v) is 6.48. The lowest BCUT2D eigenvalue weighted by molar-refractivity contribution is 0.219. The van der Waals surface area contributed by atoms with E-state index in [1.165, 1.54) is 28.5 Å². The van der Waals surface area contributed by atoms with Crippen LogP contribution < -0.4 is 4.90 Å². The molecule has 2 rings (SSSR count). The number of hydrogen-bond donors (Lipinski definition) is 0. The number of amides is 2. The first-order chi connectivity index (χ1) is 10.5. The van der Waals surface area contributed by atoms with Gasteiger partial charge >= 0.3 is 6.03 Å². The third kappa shape index (κ3) is 3.92. The highest BCUT2D eigenvalue weighted by Gasteiger charge is 2.19. The Morgan fingerprint density at radius 1 is 1.36 bits per heavy atom. The molecule has 22 heavy (non-hydrogen) atoms. The summed E-state index contributed by atoms with van der Waals surface area (Å²) in [6.07, 6.45) is 4.63. The summed E-state index contributed by atoms with van der Waals surface area (Å²) in [6, 6.07) is 1.18. The molecular weight excluding hydrogens is 325 g/mol. The Bertz CT molecular complexity index is 651. The Balaban J connectivity index is 2.12. The monoisotopic (exact) mass is 341 g/mol. The van der Waals surface area contributed by atoms with Crippen LogP contribution in [0.5, 0.6) is 0 Å². The van der Waals surface area contributed by atoms with Crippen molar-refractivity contribution >= 4 is 34.3 Å². The van der Waals surface area contributed by atoms with Crippen LogP contribution in [-0.4, -0.2) is 58.8 Å². The molecule has 118 valence electrons. The van der Waals surface area contributed by atoms with Gasteiger partial charge in [0.15, 0.2) is 5.01 Å². The molecule has 0 radical (unpaired) electrons. The molecule has 2 aromatic rings. The molecule has 2 aromatic heterocycles.